The van der Waals surface area contributed by atoms with Gasteiger partial charge in [-0.2, -0.15) is 0 Å². The van der Waals surface area contributed by atoms with Crippen LogP contribution in [0.2, 0.25) is 0 Å². The van der Waals surface area contributed by atoms with Gasteiger partial charge in [-0.3, -0.25) is 4.79 Å². The number of carbonyl (C=O) groups excluding carboxylic acids is 1. The quantitative estimate of drug-likeness (QED) is 0.646. The number of aliphatic imine (C=N–C) groups is 1. The number of piperazine rings is 1. The van der Waals surface area contributed by atoms with Gasteiger partial charge in [0, 0.05) is 25.7 Å². The summed E-state index contributed by atoms with van der Waals surface area (Å²) in [5.41, 5.74) is 0.948. The summed E-state index contributed by atoms with van der Waals surface area (Å²) in [6.07, 6.45) is 2.30. The van der Waals surface area contributed by atoms with Crippen molar-refractivity contribution in [1.29, 1.82) is 0 Å². The van der Waals surface area contributed by atoms with Crippen molar-refractivity contribution in [3.05, 3.63) is 29.8 Å². The first-order valence-electron chi connectivity index (χ1n) is 8.28. The molecule has 6 nitrogen and oxygen atoms in total. The van der Waals surface area contributed by atoms with Crippen molar-refractivity contribution < 1.29 is 9.90 Å². The molecule has 1 aromatic rings. The van der Waals surface area contributed by atoms with E-state index in [1.165, 1.54) is 0 Å². The average molecular weight is 316 g/mol. The van der Waals surface area contributed by atoms with Gasteiger partial charge in [-0.25, -0.2) is 4.99 Å². The molecule has 1 saturated heterocycles. The molecule has 1 aromatic carbocycles. The van der Waals surface area contributed by atoms with Crippen molar-refractivity contribution >= 4 is 11.9 Å². The van der Waals surface area contributed by atoms with Crippen LogP contribution in [-0.2, 0) is 11.3 Å². The summed E-state index contributed by atoms with van der Waals surface area (Å²) in [4.78, 5) is 20.9. The third-order valence-electron chi connectivity index (χ3n) is 4.20. The Morgan fingerprint density at radius 2 is 2.22 bits per heavy atom. The zero-order valence-electron chi connectivity index (χ0n) is 13.5. The van der Waals surface area contributed by atoms with Crippen LogP contribution >= 0.6 is 0 Å². The molecular weight excluding hydrogens is 292 g/mol. The second kappa shape index (κ2) is 6.89. The molecule has 2 fully saturated rings. The van der Waals surface area contributed by atoms with Crippen LogP contribution in [0.1, 0.15) is 25.3 Å². The number of phenols is 1. The summed E-state index contributed by atoms with van der Waals surface area (Å²) in [6.45, 7) is 5.24. The summed E-state index contributed by atoms with van der Waals surface area (Å²) < 4.78 is 0. The summed E-state index contributed by atoms with van der Waals surface area (Å²) in [5, 5.41) is 12.8. The third-order valence-corrected chi connectivity index (χ3v) is 4.20. The van der Waals surface area contributed by atoms with E-state index in [0.717, 1.165) is 44.0 Å². The molecule has 2 N–H and O–H groups in total. The number of hydrogen-bond acceptors (Lipinski definition) is 3. The van der Waals surface area contributed by atoms with Gasteiger partial charge in [0.15, 0.2) is 5.96 Å². The Morgan fingerprint density at radius 3 is 2.87 bits per heavy atom. The lowest BCUT2D eigenvalue weighted by molar-refractivity contribution is -0.135. The largest absolute Gasteiger partial charge is 0.508 e. The Bertz CT molecular complexity index is 598. The van der Waals surface area contributed by atoms with E-state index in [-0.39, 0.29) is 11.7 Å². The fourth-order valence-corrected chi connectivity index (χ4v) is 2.89. The Morgan fingerprint density at radius 1 is 1.39 bits per heavy atom. The summed E-state index contributed by atoms with van der Waals surface area (Å²) in [5.74, 6) is 1.21. The lowest BCUT2D eigenvalue weighted by atomic mass is 10.2. The topological polar surface area (TPSA) is 68.2 Å². The molecule has 0 radical (unpaired) electrons. The Labute approximate surface area is 136 Å². The summed E-state index contributed by atoms with van der Waals surface area (Å²) in [6, 6.07) is 7.59. The molecule has 23 heavy (non-hydrogen) atoms. The molecule has 1 aliphatic heterocycles. The number of guanidine groups is 1. The predicted molar refractivity (Wildman–Crippen MR) is 89.2 cm³/mol. The van der Waals surface area contributed by atoms with Gasteiger partial charge in [-0.15, -0.1) is 0 Å². The van der Waals surface area contributed by atoms with Crippen molar-refractivity contribution in [2.45, 2.75) is 32.4 Å². The summed E-state index contributed by atoms with van der Waals surface area (Å²) >= 11 is 0. The highest BCUT2D eigenvalue weighted by molar-refractivity contribution is 5.88. The Kier molecular flexibility index (Phi) is 4.69. The SMILES string of the molecule is CCNC(=NCc1cccc(O)c1)N1CCN(C2CC2)C(=O)C1. The maximum Gasteiger partial charge on any atom is 0.242 e. The van der Waals surface area contributed by atoms with Gasteiger partial charge in [0.25, 0.3) is 0 Å². The normalized spacial score (nSPS) is 19.2. The van der Waals surface area contributed by atoms with E-state index in [0.29, 0.717) is 19.1 Å². The van der Waals surface area contributed by atoms with Gasteiger partial charge >= 0.3 is 0 Å². The van der Waals surface area contributed by atoms with Crippen LogP contribution in [0.4, 0.5) is 0 Å². The van der Waals surface area contributed by atoms with Crippen molar-refractivity contribution in [3.63, 3.8) is 0 Å². The smallest absolute Gasteiger partial charge is 0.242 e. The van der Waals surface area contributed by atoms with E-state index < -0.39 is 0 Å². The molecule has 0 spiro atoms. The number of hydrogen-bond donors (Lipinski definition) is 2. The highest BCUT2D eigenvalue weighted by Crippen LogP contribution is 2.28. The standard InChI is InChI=1S/C17H24N4O2/c1-2-18-17(19-11-13-4-3-5-15(22)10-13)20-8-9-21(14-6-7-14)16(23)12-20/h3-5,10,14,22H,2,6-9,11-12H2,1H3,(H,18,19). The number of amides is 1. The minimum atomic E-state index is 0.196. The lowest BCUT2D eigenvalue weighted by Gasteiger charge is -2.36. The van der Waals surface area contributed by atoms with Gasteiger partial charge in [0.2, 0.25) is 5.91 Å². The van der Waals surface area contributed by atoms with Gasteiger partial charge < -0.3 is 20.2 Å². The molecule has 0 atom stereocenters. The Hall–Kier alpha value is -2.24. The highest BCUT2D eigenvalue weighted by Gasteiger charge is 2.36. The number of carbonyl (C=O) groups is 1. The molecule has 1 amide bonds. The summed E-state index contributed by atoms with van der Waals surface area (Å²) in [7, 11) is 0. The fraction of sp³-hybridized carbons (Fsp3) is 0.529. The number of benzene rings is 1. The third kappa shape index (κ3) is 3.94. The fourth-order valence-electron chi connectivity index (χ4n) is 2.89. The molecule has 6 heteroatoms. The first kappa shape index (κ1) is 15.6. The van der Waals surface area contributed by atoms with Crippen molar-refractivity contribution in [3.8, 4) is 5.75 Å². The molecular formula is C17H24N4O2. The van der Waals surface area contributed by atoms with Crippen LogP contribution in [0.25, 0.3) is 0 Å². The second-order valence-corrected chi connectivity index (χ2v) is 6.08. The van der Waals surface area contributed by atoms with Crippen LogP contribution in [-0.4, -0.2) is 59.0 Å². The molecule has 124 valence electrons. The molecule has 0 bridgehead atoms. The number of nitrogens with zero attached hydrogens (tertiary/aromatic N) is 3. The Balaban J connectivity index is 1.66. The molecule has 3 rings (SSSR count). The van der Waals surface area contributed by atoms with Gasteiger partial charge in [-0.05, 0) is 37.5 Å². The molecule has 2 aliphatic rings. The lowest BCUT2D eigenvalue weighted by Crippen LogP contribution is -2.55. The molecule has 1 saturated carbocycles. The number of rotatable bonds is 4. The average Bonchev–Trinajstić information content (AvgIpc) is 3.36. The van der Waals surface area contributed by atoms with E-state index in [9.17, 15) is 9.90 Å². The van der Waals surface area contributed by atoms with Gasteiger partial charge in [0.05, 0.1) is 13.1 Å². The van der Waals surface area contributed by atoms with E-state index in [1.807, 2.05) is 28.9 Å². The number of nitrogens with one attached hydrogen (secondary N) is 1. The number of phenolic OH excluding ortho intramolecular Hbond substituents is 1. The van der Waals surface area contributed by atoms with Crippen LogP contribution < -0.4 is 5.32 Å². The molecule has 1 heterocycles. The van der Waals surface area contributed by atoms with E-state index in [2.05, 4.69) is 10.3 Å². The van der Waals surface area contributed by atoms with E-state index in [4.69, 9.17) is 0 Å². The van der Waals surface area contributed by atoms with Crippen LogP contribution in [0.5, 0.6) is 5.75 Å². The minimum Gasteiger partial charge on any atom is -0.508 e. The molecule has 0 aromatic heterocycles. The van der Waals surface area contributed by atoms with Gasteiger partial charge in [0.1, 0.15) is 5.75 Å². The zero-order chi connectivity index (χ0) is 16.2. The van der Waals surface area contributed by atoms with E-state index in [1.54, 1.807) is 12.1 Å². The number of aromatic hydroxyl groups is 1. The monoisotopic (exact) mass is 316 g/mol. The maximum absolute atomic E-state index is 12.3. The predicted octanol–water partition coefficient (Wildman–Crippen LogP) is 1.16. The van der Waals surface area contributed by atoms with E-state index >= 15 is 0 Å². The second-order valence-electron chi connectivity index (χ2n) is 6.08. The first-order chi connectivity index (χ1) is 11.2. The molecule has 0 unspecified atom stereocenters. The van der Waals surface area contributed by atoms with Crippen molar-refractivity contribution in [2.75, 3.05) is 26.2 Å². The highest BCUT2D eigenvalue weighted by atomic mass is 16.3. The first-order valence-corrected chi connectivity index (χ1v) is 8.28. The minimum absolute atomic E-state index is 0.196. The zero-order valence-corrected chi connectivity index (χ0v) is 13.5. The van der Waals surface area contributed by atoms with Gasteiger partial charge in [-0.1, -0.05) is 12.1 Å². The van der Waals surface area contributed by atoms with Crippen LogP contribution in [0.15, 0.2) is 29.3 Å². The molecule has 1 aliphatic carbocycles. The van der Waals surface area contributed by atoms with Crippen molar-refractivity contribution in [1.82, 2.24) is 15.1 Å². The van der Waals surface area contributed by atoms with Crippen LogP contribution in [0.3, 0.4) is 0 Å². The van der Waals surface area contributed by atoms with Crippen molar-refractivity contribution in [2.24, 2.45) is 4.99 Å². The maximum atomic E-state index is 12.3. The van der Waals surface area contributed by atoms with Crippen LogP contribution in [0, 0.1) is 0 Å².